The zero-order chi connectivity index (χ0) is 13.0. The van der Waals surface area contributed by atoms with Crippen molar-refractivity contribution in [1.29, 1.82) is 0 Å². The summed E-state index contributed by atoms with van der Waals surface area (Å²) in [5, 5.41) is 0. The molecule has 3 nitrogen and oxygen atoms in total. The molecule has 0 heterocycles. The van der Waals surface area contributed by atoms with Crippen molar-refractivity contribution in [1.82, 2.24) is 0 Å². The van der Waals surface area contributed by atoms with Gasteiger partial charge in [-0.25, -0.2) is 0 Å². The Hall–Kier alpha value is -1.35. The molecule has 0 aliphatic carbocycles. The molecule has 0 aliphatic heterocycles. The predicted molar refractivity (Wildman–Crippen MR) is 69.8 cm³/mol. The standard InChI is InChI=1S/C13H16ClNO2/c1-9-4-5-10(2)13(11(9)3)15(6-7-16)12(17)8-14/h4-5,7H,6,8H2,1-3H3. The summed E-state index contributed by atoms with van der Waals surface area (Å²) in [5.74, 6) is -0.378. The second-order valence-electron chi connectivity index (χ2n) is 3.98. The number of amides is 1. The van der Waals surface area contributed by atoms with Gasteiger partial charge in [0.25, 0.3) is 0 Å². The average Bonchev–Trinajstić information content (AvgIpc) is 2.32. The van der Waals surface area contributed by atoms with Crippen LogP contribution in [-0.4, -0.2) is 24.6 Å². The first-order chi connectivity index (χ1) is 8.02. The normalized spacial score (nSPS) is 10.1. The van der Waals surface area contributed by atoms with Crippen LogP contribution in [0.25, 0.3) is 0 Å². The molecule has 0 unspecified atom stereocenters. The number of hydrogen-bond donors (Lipinski definition) is 0. The van der Waals surface area contributed by atoms with Crippen LogP contribution in [0, 0.1) is 20.8 Å². The number of benzene rings is 1. The number of carbonyl (C=O) groups excluding carboxylic acids is 2. The zero-order valence-electron chi connectivity index (χ0n) is 10.3. The Bertz CT molecular complexity index is 443. The van der Waals surface area contributed by atoms with E-state index in [1.807, 2.05) is 32.9 Å². The second-order valence-corrected chi connectivity index (χ2v) is 4.24. The van der Waals surface area contributed by atoms with Crippen LogP contribution in [-0.2, 0) is 9.59 Å². The van der Waals surface area contributed by atoms with Crippen molar-refractivity contribution < 1.29 is 9.59 Å². The summed E-state index contributed by atoms with van der Waals surface area (Å²) in [6, 6.07) is 3.94. The molecule has 0 aliphatic rings. The topological polar surface area (TPSA) is 37.4 Å². The summed E-state index contributed by atoms with van der Waals surface area (Å²) in [6.07, 6.45) is 0.714. The highest BCUT2D eigenvalue weighted by molar-refractivity contribution is 6.29. The molecular formula is C13H16ClNO2. The lowest BCUT2D eigenvalue weighted by Gasteiger charge is -2.24. The molecule has 1 aromatic rings. The summed E-state index contributed by atoms with van der Waals surface area (Å²) < 4.78 is 0. The Kier molecular flexibility index (Phi) is 4.70. The maximum absolute atomic E-state index is 11.8. The smallest absolute Gasteiger partial charge is 0.242 e. The fourth-order valence-electron chi connectivity index (χ4n) is 1.82. The maximum atomic E-state index is 11.8. The fourth-order valence-corrected chi connectivity index (χ4v) is 1.96. The van der Waals surface area contributed by atoms with Gasteiger partial charge in [-0.05, 0) is 37.5 Å². The van der Waals surface area contributed by atoms with Crippen molar-refractivity contribution in [3.05, 3.63) is 28.8 Å². The Morgan fingerprint density at radius 2 is 1.88 bits per heavy atom. The van der Waals surface area contributed by atoms with Crippen molar-refractivity contribution in [3.63, 3.8) is 0 Å². The number of halogens is 1. The molecule has 1 rings (SSSR count). The van der Waals surface area contributed by atoms with Crippen molar-refractivity contribution in [2.45, 2.75) is 20.8 Å². The van der Waals surface area contributed by atoms with Crippen LogP contribution in [0.5, 0.6) is 0 Å². The highest BCUT2D eigenvalue weighted by atomic mass is 35.5. The lowest BCUT2D eigenvalue weighted by Crippen LogP contribution is -2.34. The third-order valence-corrected chi connectivity index (χ3v) is 3.07. The van der Waals surface area contributed by atoms with Crippen LogP contribution in [0.2, 0.25) is 0 Å². The van der Waals surface area contributed by atoms with Gasteiger partial charge < -0.3 is 9.69 Å². The fraction of sp³-hybridized carbons (Fsp3) is 0.385. The molecule has 0 atom stereocenters. The van der Waals surface area contributed by atoms with Gasteiger partial charge in [0.05, 0.1) is 12.2 Å². The minimum Gasteiger partial charge on any atom is -0.304 e. The predicted octanol–water partition coefficient (Wildman–Crippen LogP) is 2.38. The number of aryl methyl sites for hydroxylation is 2. The highest BCUT2D eigenvalue weighted by Crippen LogP contribution is 2.27. The van der Waals surface area contributed by atoms with E-state index in [9.17, 15) is 9.59 Å². The molecule has 0 saturated carbocycles. The van der Waals surface area contributed by atoms with E-state index in [-0.39, 0.29) is 18.3 Å². The van der Waals surface area contributed by atoms with Crippen LogP contribution in [0.15, 0.2) is 12.1 Å². The average molecular weight is 254 g/mol. The number of alkyl halides is 1. The van der Waals surface area contributed by atoms with E-state index in [0.717, 1.165) is 22.4 Å². The SMILES string of the molecule is Cc1ccc(C)c(N(CC=O)C(=O)CCl)c1C. The number of aldehydes is 1. The van der Waals surface area contributed by atoms with E-state index in [0.29, 0.717) is 6.29 Å². The number of rotatable bonds is 4. The quantitative estimate of drug-likeness (QED) is 0.610. The third kappa shape index (κ3) is 2.86. The first kappa shape index (κ1) is 13.7. The molecule has 1 aromatic carbocycles. The molecule has 0 fully saturated rings. The third-order valence-electron chi connectivity index (χ3n) is 2.85. The van der Waals surface area contributed by atoms with E-state index in [4.69, 9.17) is 11.6 Å². The lowest BCUT2D eigenvalue weighted by molar-refractivity contribution is -0.117. The molecule has 0 saturated heterocycles. The lowest BCUT2D eigenvalue weighted by atomic mass is 10.0. The highest BCUT2D eigenvalue weighted by Gasteiger charge is 2.18. The second kappa shape index (κ2) is 5.82. The molecule has 0 radical (unpaired) electrons. The maximum Gasteiger partial charge on any atom is 0.242 e. The molecule has 4 heteroatoms. The van der Waals surface area contributed by atoms with E-state index in [1.54, 1.807) is 0 Å². The Labute approximate surface area is 106 Å². The summed E-state index contributed by atoms with van der Waals surface area (Å²) in [4.78, 5) is 23.9. The number of nitrogens with zero attached hydrogens (tertiary/aromatic N) is 1. The van der Waals surface area contributed by atoms with Gasteiger partial charge in [-0.1, -0.05) is 12.1 Å². The van der Waals surface area contributed by atoms with Crippen LogP contribution in [0.4, 0.5) is 5.69 Å². The van der Waals surface area contributed by atoms with Gasteiger partial charge in [-0.2, -0.15) is 0 Å². The molecule has 0 spiro atoms. The molecule has 0 bridgehead atoms. The minimum absolute atomic E-state index is 0.0384. The van der Waals surface area contributed by atoms with Gasteiger partial charge in [0.1, 0.15) is 12.2 Å². The van der Waals surface area contributed by atoms with Crippen molar-refractivity contribution in [2.75, 3.05) is 17.3 Å². The van der Waals surface area contributed by atoms with Crippen LogP contribution < -0.4 is 4.90 Å². The largest absolute Gasteiger partial charge is 0.304 e. The summed E-state index contributed by atoms with van der Waals surface area (Å²) >= 11 is 5.57. The van der Waals surface area contributed by atoms with E-state index < -0.39 is 0 Å². The van der Waals surface area contributed by atoms with Crippen LogP contribution in [0.1, 0.15) is 16.7 Å². The Morgan fingerprint density at radius 1 is 1.29 bits per heavy atom. The van der Waals surface area contributed by atoms with Crippen molar-refractivity contribution in [2.24, 2.45) is 0 Å². The Morgan fingerprint density at radius 3 is 2.41 bits per heavy atom. The van der Waals surface area contributed by atoms with Crippen molar-refractivity contribution >= 4 is 29.5 Å². The molecule has 92 valence electrons. The van der Waals surface area contributed by atoms with E-state index in [2.05, 4.69) is 0 Å². The first-order valence-electron chi connectivity index (χ1n) is 5.39. The molecule has 1 amide bonds. The molecular weight excluding hydrogens is 238 g/mol. The van der Waals surface area contributed by atoms with Gasteiger partial charge in [0.2, 0.25) is 5.91 Å². The summed E-state index contributed by atoms with van der Waals surface area (Å²) in [7, 11) is 0. The Balaban J connectivity index is 3.31. The zero-order valence-corrected chi connectivity index (χ0v) is 11.0. The number of hydrogen-bond acceptors (Lipinski definition) is 2. The first-order valence-corrected chi connectivity index (χ1v) is 5.93. The van der Waals surface area contributed by atoms with Gasteiger partial charge in [0.15, 0.2) is 0 Å². The monoisotopic (exact) mass is 253 g/mol. The minimum atomic E-state index is -0.254. The summed E-state index contributed by atoms with van der Waals surface area (Å²) in [6.45, 7) is 5.87. The van der Waals surface area contributed by atoms with Gasteiger partial charge >= 0.3 is 0 Å². The summed E-state index contributed by atoms with van der Waals surface area (Å²) in [5.41, 5.74) is 3.85. The van der Waals surface area contributed by atoms with Crippen molar-refractivity contribution in [3.8, 4) is 0 Å². The molecule has 0 aromatic heterocycles. The van der Waals surface area contributed by atoms with Crippen LogP contribution >= 0.6 is 11.6 Å². The molecule has 0 N–H and O–H groups in total. The van der Waals surface area contributed by atoms with E-state index in [1.165, 1.54) is 4.90 Å². The number of anilines is 1. The number of carbonyl (C=O) groups is 2. The van der Waals surface area contributed by atoms with Gasteiger partial charge in [-0.3, -0.25) is 4.79 Å². The molecule has 17 heavy (non-hydrogen) atoms. The van der Waals surface area contributed by atoms with Crippen LogP contribution in [0.3, 0.4) is 0 Å². The van der Waals surface area contributed by atoms with Gasteiger partial charge in [-0.15, -0.1) is 11.6 Å². The van der Waals surface area contributed by atoms with Gasteiger partial charge in [0, 0.05) is 0 Å². The van der Waals surface area contributed by atoms with E-state index >= 15 is 0 Å².